The highest BCUT2D eigenvalue weighted by atomic mass is 32.1. The topological polar surface area (TPSA) is 177 Å². The Bertz CT molecular complexity index is 1830. The van der Waals surface area contributed by atoms with Crippen LogP contribution in [0.4, 0.5) is 11.6 Å². The molecule has 2 amide bonds. The number of aromatic amines is 2. The Kier molecular flexibility index (Phi) is 8.28. The van der Waals surface area contributed by atoms with Crippen LogP contribution in [0, 0.1) is 13.8 Å². The zero-order valence-electron chi connectivity index (χ0n) is 25.2. The molecule has 2 saturated carbocycles. The van der Waals surface area contributed by atoms with Crippen molar-refractivity contribution in [1.82, 2.24) is 49.9 Å². The van der Waals surface area contributed by atoms with E-state index in [4.69, 9.17) is 0 Å². The van der Waals surface area contributed by atoms with Crippen molar-refractivity contribution in [2.45, 2.75) is 64.2 Å². The Hall–Kier alpha value is -4.96. The molecular weight excluding hydrogens is 625 g/mol. The van der Waals surface area contributed by atoms with E-state index in [9.17, 15) is 9.59 Å². The van der Waals surface area contributed by atoms with Crippen LogP contribution in [-0.2, 0) is 22.4 Å². The van der Waals surface area contributed by atoms with Gasteiger partial charge in [0.15, 0.2) is 11.6 Å². The largest absolute Gasteiger partial charge is 0.309 e. The molecule has 46 heavy (non-hydrogen) atoms. The molecule has 2 aliphatic rings. The summed E-state index contributed by atoms with van der Waals surface area (Å²) in [4.78, 5) is 35.0. The summed E-state index contributed by atoms with van der Waals surface area (Å²) in [6, 6.07) is 7.48. The molecule has 0 spiro atoms. The highest BCUT2D eigenvalue weighted by Gasteiger charge is 2.26. The fourth-order valence-electron chi connectivity index (χ4n) is 4.73. The van der Waals surface area contributed by atoms with Crippen molar-refractivity contribution in [3.05, 3.63) is 81.6 Å². The van der Waals surface area contributed by atoms with E-state index in [1.807, 2.05) is 62.9 Å². The Morgan fingerprint density at radius 1 is 0.761 bits per heavy atom. The quantitative estimate of drug-likeness (QED) is 0.162. The minimum Gasteiger partial charge on any atom is -0.309 e. The molecule has 14 nitrogen and oxygen atoms in total. The number of aryl methyl sites for hydroxylation is 2. The van der Waals surface area contributed by atoms with Crippen molar-refractivity contribution < 1.29 is 9.59 Å². The molecule has 2 fully saturated rings. The lowest BCUT2D eigenvalue weighted by Crippen LogP contribution is -2.15. The summed E-state index contributed by atoms with van der Waals surface area (Å²) < 4.78 is 3.39. The van der Waals surface area contributed by atoms with E-state index in [1.165, 1.54) is 25.7 Å². The number of nitrogens with one attached hydrogen (secondary N) is 4. The fourth-order valence-corrected chi connectivity index (χ4v) is 6.12. The van der Waals surface area contributed by atoms with Crippen molar-refractivity contribution in [1.29, 1.82) is 0 Å². The molecule has 0 unspecified atom stereocenters. The first-order chi connectivity index (χ1) is 22.3. The van der Waals surface area contributed by atoms with Gasteiger partial charge in [-0.25, -0.2) is 19.3 Å². The van der Waals surface area contributed by atoms with Gasteiger partial charge in [0, 0.05) is 69.9 Å². The molecule has 4 N–H and O–H groups in total. The van der Waals surface area contributed by atoms with Crippen molar-refractivity contribution in [2.24, 2.45) is 0 Å². The van der Waals surface area contributed by atoms with Gasteiger partial charge in [0.2, 0.25) is 22.1 Å². The number of H-pyrrole nitrogens is 2. The van der Waals surface area contributed by atoms with Crippen molar-refractivity contribution >= 4 is 46.1 Å². The van der Waals surface area contributed by atoms with Gasteiger partial charge in [-0.2, -0.15) is 20.4 Å². The normalized spacial score (nSPS) is 14.1. The predicted molar refractivity (Wildman–Crippen MR) is 174 cm³/mol. The molecule has 2 aliphatic carbocycles. The maximum Gasteiger partial charge on any atom is 0.231 e. The molecule has 16 heteroatoms. The van der Waals surface area contributed by atoms with Gasteiger partial charge in [-0.05, 0) is 51.7 Å². The Balaban J connectivity index is 0.000000147. The third-order valence-electron chi connectivity index (χ3n) is 7.35. The number of amides is 2. The fraction of sp³-hybridized carbons (Fsp3) is 0.333. The summed E-state index contributed by atoms with van der Waals surface area (Å²) in [5.41, 5.74) is 3.61. The lowest BCUT2D eigenvalue weighted by Gasteiger charge is -1.99. The highest BCUT2D eigenvalue weighted by Crippen LogP contribution is 2.40. The monoisotopic (exact) mass is 656 g/mol. The van der Waals surface area contributed by atoms with Crippen LogP contribution in [0.5, 0.6) is 0 Å². The summed E-state index contributed by atoms with van der Waals surface area (Å²) in [7, 11) is 0. The molecule has 0 bridgehead atoms. The van der Waals surface area contributed by atoms with Crippen molar-refractivity contribution in [2.75, 3.05) is 10.6 Å². The molecule has 0 aliphatic heterocycles. The third-order valence-corrected chi connectivity index (χ3v) is 9.15. The maximum atomic E-state index is 12.1. The second kappa shape index (κ2) is 12.8. The van der Waals surface area contributed by atoms with Crippen LogP contribution in [0.3, 0.4) is 0 Å². The number of hydrogen-bond acceptors (Lipinski definition) is 10. The number of anilines is 2. The van der Waals surface area contributed by atoms with Gasteiger partial charge in [-0.1, -0.05) is 0 Å². The molecule has 6 aromatic rings. The standard InChI is InChI=1S/2C15H16N6OS/c2*1-9-8-16-15(23-9)21-5-4-11(20-21)6-14(22)17-13-7-12(18-19-13)10-2-3-10/h2*4-5,7-8,10H,2-3,6H2,1H3,(H2,17,18,19,22). The van der Waals surface area contributed by atoms with Crippen molar-refractivity contribution in [3.63, 3.8) is 0 Å². The molecule has 6 heterocycles. The van der Waals surface area contributed by atoms with Gasteiger partial charge in [-0.3, -0.25) is 19.8 Å². The summed E-state index contributed by atoms with van der Waals surface area (Å²) in [6.45, 7) is 4.00. The number of thiazole rings is 2. The van der Waals surface area contributed by atoms with Gasteiger partial charge in [0.05, 0.1) is 24.2 Å². The van der Waals surface area contributed by atoms with E-state index < -0.39 is 0 Å². The van der Waals surface area contributed by atoms with E-state index in [2.05, 4.69) is 51.2 Å². The summed E-state index contributed by atoms with van der Waals surface area (Å²) in [5, 5.41) is 30.2. The Labute approximate surface area is 271 Å². The molecule has 236 valence electrons. The van der Waals surface area contributed by atoms with Crippen LogP contribution >= 0.6 is 22.7 Å². The Morgan fingerprint density at radius 3 is 1.57 bits per heavy atom. The number of aromatic nitrogens is 10. The van der Waals surface area contributed by atoms with Crippen LogP contribution in [0.1, 0.15) is 70.0 Å². The summed E-state index contributed by atoms with van der Waals surface area (Å²) in [5.74, 6) is 2.08. The maximum absolute atomic E-state index is 12.1. The minimum absolute atomic E-state index is 0.126. The van der Waals surface area contributed by atoms with E-state index in [1.54, 1.807) is 32.0 Å². The van der Waals surface area contributed by atoms with E-state index in [-0.39, 0.29) is 24.7 Å². The lowest BCUT2D eigenvalue weighted by atomic mass is 10.3. The van der Waals surface area contributed by atoms with Crippen LogP contribution in [0.25, 0.3) is 10.3 Å². The zero-order valence-corrected chi connectivity index (χ0v) is 26.9. The number of rotatable bonds is 10. The second-order valence-electron chi connectivity index (χ2n) is 11.4. The van der Waals surface area contributed by atoms with Crippen LogP contribution in [-0.4, -0.2) is 61.7 Å². The zero-order chi connectivity index (χ0) is 31.6. The first-order valence-corrected chi connectivity index (χ1v) is 16.6. The SMILES string of the molecule is Cc1cnc(-n2ccc(CC(=O)Nc3cc(C4CC4)[nH]n3)n2)s1.Cc1cnc(-n2ccc(CC(=O)Nc3cc(C4CC4)[nH]n3)n2)s1. The molecule has 0 aromatic carbocycles. The average molecular weight is 657 g/mol. The molecular formula is C30H32N12O2S2. The molecule has 0 radical (unpaired) electrons. The van der Waals surface area contributed by atoms with Crippen LogP contribution in [0.2, 0.25) is 0 Å². The minimum atomic E-state index is -0.126. The number of carbonyl (C=O) groups is 2. The van der Waals surface area contributed by atoms with Gasteiger partial charge in [0.25, 0.3) is 0 Å². The third kappa shape index (κ3) is 7.46. The van der Waals surface area contributed by atoms with E-state index in [0.717, 1.165) is 31.4 Å². The number of nitrogens with zero attached hydrogens (tertiary/aromatic N) is 8. The van der Waals surface area contributed by atoms with Crippen LogP contribution in [0.15, 0.2) is 49.1 Å². The van der Waals surface area contributed by atoms with Gasteiger partial charge >= 0.3 is 0 Å². The Morgan fingerprint density at radius 2 is 1.20 bits per heavy atom. The van der Waals surface area contributed by atoms with E-state index >= 15 is 0 Å². The lowest BCUT2D eigenvalue weighted by molar-refractivity contribution is -0.116. The van der Waals surface area contributed by atoms with Gasteiger partial charge in [-0.15, -0.1) is 22.7 Å². The highest BCUT2D eigenvalue weighted by molar-refractivity contribution is 7.14. The summed E-state index contributed by atoms with van der Waals surface area (Å²) in [6.07, 6.45) is 12.5. The molecule has 0 atom stereocenters. The van der Waals surface area contributed by atoms with Gasteiger partial charge < -0.3 is 10.6 Å². The van der Waals surface area contributed by atoms with E-state index in [0.29, 0.717) is 34.9 Å². The first-order valence-electron chi connectivity index (χ1n) is 15.0. The summed E-state index contributed by atoms with van der Waals surface area (Å²) >= 11 is 3.12. The first kappa shape index (κ1) is 29.7. The second-order valence-corrected chi connectivity index (χ2v) is 13.9. The number of hydrogen-bond donors (Lipinski definition) is 4. The number of carbonyl (C=O) groups excluding carboxylic acids is 2. The molecule has 8 rings (SSSR count). The van der Waals surface area contributed by atoms with Crippen LogP contribution < -0.4 is 10.6 Å². The average Bonchev–Trinajstić information content (AvgIpc) is 3.54. The smallest absolute Gasteiger partial charge is 0.231 e. The molecule has 0 saturated heterocycles. The van der Waals surface area contributed by atoms with Gasteiger partial charge in [0.1, 0.15) is 0 Å². The van der Waals surface area contributed by atoms with Crippen molar-refractivity contribution in [3.8, 4) is 10.3 Å². The molecule has 6 aromatic heterocycles. The predicted octanol–water partition coefficient (Wildman–Crippen LogP) is 4.84.